The molecule has 0 fully saturated rings. The first-order chi connectivity index (χ1) is 8.29. The first-order valence-electron chi connectivity index (χ1n) is 5.08. The van der Waals surface area contributed by atoms with Crippen LogP contribution in [0.25, 0.3) is 0 Å². The van der Waals surface area contributed by atoms with Gasteiger partial charge in [0.25, 0.3) is 0 Å². The highest BCUT2D eigenvalue weighted by atomic mass is 19.4. The van der Waals surface area contributed by atoms with Gasteiger partial charge in [0.15, 0.2) is 5.75 Å². The van der Waals surface area contributed by atoms with E-state index in [4.69, 9.17) is 0 Å². The number of carbonyl (C=O) groups is 1. The summed E-state index contributed by atoms with van der Waals surface area (Å²) in [5.74, 6) is -0.617. The molecule has 7 heteroatoms. The van der Waals surface area contributed by atoms with Crippen LogP contribution in [-0.4, -0.2) is 37.8 Å². The predicted molar refractivity (Wildman–Crippen MR) is 60.3 cm³/mol. The third kappa shape index (κ3) is 4.52. The van der Waals surface area contributed by atoms with Gasteiger partial charge >= 0.3 is 6.36 Å². The summed E-state index contributed by atoms with van der Waals surface area (Å²) in [6.07, 6.45) is -4.76. The van der Waals surface area contributed by atoms with Crippen molar-refractivity contribution in [2.24, 2.45) is 0 Å². The Labute approximate surface area is 102 Å². The van der Waals surface area contributed by atoms with Crippen molar-refractivity contribution in [2.45, 2.75) is 6.36 Å². The number of likely N-dealkylation sites (N-methyl/N-ethyl adjacent to an activating group) is 1. The fraction of sp³-hybridized carbons (Fsp3) is 0.364. The molecule has 100 valence electrons. The maximum atomic E-state index is 12.1. The van der Waals surface area contributed by atoms with E-state index in [-0.39, 0.29) is 23.9 Å². The third-order valence-corrected chi connectivity index (χ3v) is 2.04. The van der Waals surface area contributed by atoms with Crippen molar-refractivity contribution in [3.63, 3.8) is 0 Å². The average molecular weight is 262 g/mol. The topological polar surface area (TPSA) is 41.6 Å². The SMILES string of the molecule is CN(C)C(=O)CNc1ccccc1OC(F)(F)F. The number of halogens is 3. The number of hydrogen-bond donors (Lipinski definition) is 1. The maximum absolute atomic E-state index is 12.1. The number of amides is 1. The van der Waals surface area contributed by atoms with E-state index in [2.05, 4.69) is 10.1 Å². The Balaban J connectivity index is 2.74. The van der Waals surface area contributed by atoms with Gasteiger partial charge in [0.05, 0.1) is 12.2 Å². The number of rotatable bonds is 4. The average Bonchev–Trinajstić information content (AvgIpc) is 2.25. The Kier molecular flexibility index (Phi) is 4.41. The highest BCUT2D eigenvalue weighted by Gasteiger charge is 2.32. The Morgan fingerprint density at radius 3 is 2.50 bits per heavy atom. The number of alkyl halides is 3. The smallest absolute Gasteiger partial charge is 0.404 e. The van der Waals surface area contributed by atoms with Gasteiger partial charge in [-0.05, 0) is 12.1 Å². The summed E-state index contributed by atoms with van der Waals surface area (Å²) in [5, 5.41) is 2.60. The van der Waals surface area contributed by atoms with Crippen LogP contribution >= 0.6 is 0 Å². The summed E-state index contributed by atoms with van der Waals surface area (Å²) < 4.78 is 40.2. The van der Waals surface area contributed by atoms with Crippen molar-refractivity contribution >= 4 is 11.6 Å². The molecule has 0 aliphatic rings. The minimum absolute atomic E-state index is 0.106. The van der Waals surface area contributed by atoms with E-state index in [0.29, 0.717) is 0 Å². The zero-order valence-electron chi connectivity index (χ0n) is 9.91. The number of hydrogen-bond acceptors (Lipinski definition) is 3. The number of ether oxygens (including phenoxy) is 1. The van der Waals surface area contributed by atoms with Crippen molar-refractivity contribution in [3.8, 4) is 5.75 Å². The molecule has 0 radical (unpaired) electrons. The lowest BCUT2D eigenvalue weighted by Crippen LogP contribution is -2.29. The number of anilines is 1. The molecule has 18 heavy (non-hydrogen) atoms. The monoisotopic (exact) mass is 262 g/mol. The molecule has 0 unspecified atom stereocenters. The molecule has 0 aromatic heterocycles. The predicted octanol–water partition coefficient (Wildman–Crippen LogP) is 2.09. The summed E-state index contributed by atoms with van der Waals surface area (Å²) >= 11 is 0. The van der Waals surface area contributed by atoms with Gasteiger partial charge in [-0.2, -0.15) is 0 Å². The molecule has 0 atom stereocenters. The van der Waals surface area contributed by atoms with E-state index in [9.17, 15) is 18.0 Å². The fourth-order valence-electron chi connectivity index (χ4n) is 1.16. The maximum Gasteiger partial charge on any atom is 0.573 e. The summed E-state index contributed by atoms with van der Waals surface area (Å²) in [7, 11) is 3.12. The Bertz CT molecular complexity index is 419. The zero-order chi connectivity index (χ0) is 13.8. The number of benzene rings is 1. The molecule has 0 bridgehead atoms. The van der Waals surface area contributed by atoms with Crippen molar-refractivity contribution in [1.29, 1.82) is 0 Å². The van der Waals surface area contributed by atoms with Gasteiger partial charge < -0.3 is 15.0 Å². The quantitative estimate of drug-likeness (QED) is 0.903. The van der Waals surface area contributed by atoms with E-state index in [1.165, 1.54) is 23.1 Å². The lowest BCUT2D eigenvalue weighted by molar-refractivity contribution is -0.274. The molecule has 1 rings (SSSR count). The van der Waals surface area contributed by atoms with Crippen LogP contribution in [0.2, 0.25) is 0 Å². The number of nitrogens with zero attached hydrogens (tertiary/aromatic N) is 1. The molecule has 1 aromatic carbocycles. The molecular formula is C11H13F3N2O2. The van der Waals surface area contributed by atoms with E-state index < -0.39 is 6.36 Å². The van der Waals surface area contributed by atoms with E-state index >= 15 is 0 Å². The lowest BCUT2D eigenvalue weighted by atomic mass is 10.3. The number of nitrogens with one attached hydrogen (secondary N) is 1. The molecule has 1 N–H and O–H groups in total. The van der Waals surface area contributed by atoms with E-state index in [1.54, 1.807) is 20.2 Å². The van der Waals surface area contributed by atoms with Crippen LogP contribution in [0.5, 0.6) is 5.75 Å². The van der Waals surface area contributed by atoms with Crippen molar-refractivity contribution in [3.05, 3.63) is 24.3 Å². The van der Waals surface area contributed by atoms with E-state index in [0.717, 1.165) is 0 Å². The molecule has 4 nitrogen and oxygen atoms in total. The Morgan fingerprint density at radius 2 is 1.94 bits per heavy atom. The van der Waals surface area contributed by atoms with Crippen LogP contribution in [0.4, 0.5) is 18.9 Å². The molecule has 0 spiro atoms. The molecule has 0 heterocycles. The summed E-state index contributed by atoms with van der Waals surface area (Å²) in [4.78, 5) is 12.6. The standard InChI is InChI=1S/C11H13F3N2O2/c1-16(2)10(17)7-15-8-5-3-4-6-9(8)18-11(12,13)14/h3-6,15H,7H2,1-2H3. The second kappa shape index (κ2) is 5.61. The second-order valence-corrected chi connectivity index (χ2v) is 3.69. The number of carbonyl (C=O) groups excluding carboxylic acids is 1. The van der Waals surface area contributed by atoms with Gasteiger partial charge in [-0.3, -0.25) is 4.79 Å². The van der Waals surface area contributed by atoms with Gasteiger partial charge in [0, 0.05) is 14.1 Å². The second-order valence-electron chi connectivity index (χ2n) is 3.69. The fourth-order valence-corrected chi connectivity index (χ4v) is 1.16. The largest absolute Gasteiger partial charge is 0.573 e. The molecule has 0 saturated carbocycles. The summed E-state index contributed by atoms with van der Waals surface area (Å²) in [6, 6.07) is 5.55. The van der Waals surface area contributed by atoms with Gasteiger partial charge in [-0.1, -0.05) is 12.1 Å². The molecule has 1 amide bonds. The Morgan fingerprint density at radius 1 is 1.33 bits per heavy atom. The Hall–Kier alpha value is -1.92. The van der Waals surface area contributed by atoms with Crippen LogP contribution in [-0.2, 0) is 4.79 Å². The summed E-state index contributed by atoms with van der Waals surface area (Å²) in [6.45, 7) is -0.106. The van der Waals surface area contributed by atoms with Crippen LogP contribution in [0, 0.1) is 0 Å². The first kappa shape index (κ1) is 14.1. The normalized spacial score (nSPS) is 10.9. The minimum atomic E-state index is -4.76. The minimum Gasteiger partial charge on any atom is -0.404 e. The molecular weight excluding hydrogens is 249 g/mol. The van der Waals surface area contributed by atoms with Gasteiger partial charge in [-0.15, -0.1) is 13.2 Å². The van der Waals surface area contributed by atoms with Crippen LogP contribution in [0.3, 0.4) is 0 Å². The van der Waals surface area contributed by atoms with Gasteiger partial charge in [-0.25, -0.2) is 0 Å². The number of para-hydroxylation sites is 2. The van der Waals surface area contributed by atoms with Crippen molar-refractivity contribution < 1.29 is 22.7 Å². The van der Waals surface area contributed by atoms with Crippen LogP contribution in [0.1, 0.15) is 0 Å². The zero-order valence-corrected chi connectivity index (χ0v) is 9.91. The van der Waals surface area contributed by atoms with Crippen LogP contribution in [0.15, 0.2) is 24.3 Å². The highest BCUT2D eigenvalue weighted by molar-refractivity contribution is 5.80. The highest BCUT2D eigenvalue weighted by Crippen LogP contribution is 2.29. The summed E-state index contributed by atoms with van der Waals surface area (Å²) in [5.41, 5.74) is 0.116. The molecule has 0 aliphatic heterocycles. The van der Waals surface area contributed by atoms with E-state index in [1.807, 2.05) is 0 Å². The molecule has 1 aromatic rings. The van der Waals surface area contributed by atoms with Crippen molar-refractivity contribution in [2.75, 3.05) is 26.0 Å². The molecule has 0 saturated heterocycles. The van der Waals surface area contributed by atoms with Crippen molar-refractivity contribution in [1.82, 2.24) is 4.90 Å². The molecule has 0 aliphatic carbocycles. The van der Waals surface area contributed by atoms with Gasteiger partial charge in [0.1, 0.15) is 0 Å². The first-order valence-corrected chi connectivity index (χ1v) is 5.08. The third-order valence-electron chi connectivity index (χ3n) is 2.04. The van der Waals surface area contributed by atoms with Crippen LogP contribution < -0.4 is 10.1 Å². The lowest BCUT2D eigenvalue weighted by Gasteiger charge is -2.15. The van der Waals surface area contributed by atoms with Gasteiger partial charge in [0.2, 0.25) is 5.91 Å².